The first-order chi connectivity index (χ1) is 13.7. The SMILES string of the molecule is CN(CCCO)c1cc(Cl)nnc1NC1CC2CCC(C1)N2C(=O)OC(C)(C)C. The Balaban J connectivity index is 1.68. The van der Waals surface area contributed by atoms with Gasteiger partial charge in [-0.1, -0.05) is 11.6 Å². The molecule has 0 radical (unpaired) electrons. The van der Waals surface area contributed by atoms with Gasteiger partial charge in [0, 0.05) is 44.4 Å². The minimum absolute atomic E-state index is 0.131. The first-order valence-electron chi connectivity index (χ1n) is 10.3. The first-order valence-corrected chi connectivity index (χ1v) is 10.7. The maximum absolute atomic E-state index is 12.6. The molecule has 162 valence electrons. The molecule has 8 nitrogen and oxygen atoms in total. The summed E-state index contributed by atoms with van der Waals surface area (Å²) in [7, 11) is 1.95. The Morgan fingerprint density at radius 1 is 1.34 bits per heavy atom. The Hall–Kier alpha value is -1.80. The summed E-state index contributed by atoms with van der Waals surface area (Å²) >= 11 is 6.07. The van der Waals surface area contributed by atoms with Crippen LogP contribution in [0.15, 0.2) is 6.07 Å². The number of nitrogens with zero attached hydrogens (tertiary/aromatic N) is 4. The number of amides is 1. The molecular formula is C20H32ClN5O3. The second-order valence-corrected chi connectivity index (χ2v) is 9.37. The number of carbonyl (C=O) groups is 1. The summed E-state index contributed by atoms with van der Waals surface area (Å²) in [4.78, 5) is 16.6. The molecule has 2 atom stereocenters. The Labute approximate surface area is 177 Å². The van der Waals surface area contributed by atoms with Crippen molar-refractivity contribution in [1.82, 2.24) is 15.1 Å². The number of aliphatic hydroxyl groups excluding tert-OH is 1. The second kappa shape index (κ2) is 8.92. The van der Waals surface area contributed by atoms with Crippen LogP contribution in [0, 0.1) is 0 Å². The van der Waals surface area contributed by atoms with Crippen LogP contribution in [0.1, 0.15) is 52.9 Å². The summed E-state index contributed by atoms with van der Waals surface area (Å²) in [6, 6.07) is 2.35. The van der Waals surface area contributed by atoms with Gasteiger partial charge in [0.25, 0.3) is 0 Å². The number of aromatic nitrogens is 2. The lowest BCUT2D eigenvalue weighted by Crippen LogP contribution is -2.51. The van der Waals surface area contributed by atoms with Crippen molar-refractivity contribution < 1.29 is 14.6 Å². The highest BCUT2D eigenvalue weighted by Gasteiger charge is 2.45. The van der Waals surface area contributed by atoms with Gasteiger partial charge < -0.3 is 25.0 Å². The summed E-state index contributed by atoms with van der Waals surface area (Å²) < 4.78 is 5.62. The highest BCUT2D eigenvalue weighted by atomic mass is 35.5. The van der Waals surface area contributed by atoms with E-state index in [1.54, 1.807) is 6.07 Å². The van der Waals surface area contributed by atoms with Crippen LogP contribution in [0.25, 0.3) is 0 Å². The third-order valence-corrected chi connectivity index (χ3v) is 5.67. The van der Waals surface area contributed by atoms with Crippen LogP contribution >= 0.6 is 11.6 Å². The summed E-state index contributed by atoms with van der Waals surface area (Å²) in [5.41, 5.74) is 0.374. The summed E-state index contributed by atoms with van der Waals surface area (Å²) in [5, 5.41) is 21.2. The molecule has 0 aromatic carbocycles. The number of hydrogen-bond acceptors (Lipinski definition) is 7. The third-order valence-electron chi connectivity index (χ3n) is 5.49. The number of ether oxygens (including phenoxy) is 1. The monoisotopic (exact) mass is 425 g/mol. The fourth-order valence-corrected chi connectivity index (χ4v) is 4.42. The van der Waals surface area contributed by atoms with Gasteiger partial charge in [-0.05, 0) is 52.9 Å². The molecule has 2 unspecified atom stereocenters. The zero-order valence-electron chi connectivity index (χ0n) is 17.7. The number of carbonyl (C=O) groups excluding carboxylic acids is 1. The molecule has 1 aromatic rings. The van der Waals surface area contributed by atoms with E-state index in [1.807, 2.05) is 37.6 Å². The summed E-state index contributed by atoms with van der Waals surface area (Å²) in [6.45, 7) is 6.51. The van der Waals surface area contributed by atoms with Gasteiger partial charge in [-0.2, -0.15) is 0 Å². The predicted octanol–water partition coefficient (Wildman–Crippen LogP) is 3.29. The molecule has 2 bridgehead atoms. The molecule has 9 heteroatoms. The number of nitrogens with one attached hydrogen (secondary N) is 1. The number of fused-ring (bicyclic) bond motifs is 2. The van der Waals surface area contributed by atoms with E-state index in [-0.39, 0.29) is 30.8 Å². The van der Waals surface area contributed by atoms with Gasteiger partial charge in [0.15, 0.2) is 11.0 Å². The van der Waals surface area contributed by atoms with E-state index in [9.17, 15) is 4.79 Å². The predicted molar refractivity (Wildman–Crippen MR) is 114 cm³/mol. The lowest BCUT2D eigenvalue weighted by Gasteiger charge is -2.40. The van der Waals surface area contributed by atoms with Crippen molar-refractivity contribution in [3.63, 3.8) is 0 Å². The molecule has 2 fully saturated rings. The van der Waals surface area contributed by atoms with Crippen LogP contribution in [-0.2, 0) is 4.74 Å². The molecule has 0 aliphatic carbocycles. The number of aliphatic hydroxyl groups is 1. The summed E-state index contributed by atoms with van der Waals surface area (Å²) in [6.07, 6.45) is 4.14. The van der Waals surface area contributed by atoms with E-state index in [1.165, 1.54) is 0 Å². The molecule has 3 rings (SSSR count). The number of anilines is 2. The Bertz CT molecular complexity index is 713. The largest absolute Gasteiger partial charge is 0.444 e. The number of halogens is 1. The van der Waals surface area contributed by atoms with Gasteiger partial charge in [-0.15, -0.1) is 10.2 Å². The molecule has 2 aliphatic rings. The van der Waals surface area contributed by atoms with E-state index < -0.39 is 5.60 Å². The maximum atomic E-state index is 12.6. The van der Waals surface area contributed by atoms with Gasteiger partial charge in [0.05, 0.1) is 5.69 Å². The normalized spacial score (nSPS) is 23.8. The molecule has 1 aromatic heterocycles. The van der Waals surface area contributed by atoms with Crippen LogP contribution in [0.5, 0.6) is 0 Å². The molecule has 29 heavy (non-hydrogen) atoms. The molecule has 1 amide bonds. The van der Waals surface area contributed by atoms with Crippen molar-refractivity contribution in [1.29, 1.82) is 0 Å². The van der Waals surface area contributed by atoms with E-state index in [0.717, 1.165) is 31.4 Å². The van der Waals surface area contributed by atoms with Crippen molar-refractivity contribution in [2.75, 3.05) is 30.4 Å². The second-order valence-electron chi connectivity index (χ2n) is 8.98. The average molecular weight is 426 g/mol. The molecule has 2 aliphatic heterocycles. The Morgan fingerprint density at radius 3 is 2.59 bits per heavy atom. The quantitative estimate of drug-likeness (QED) is 0.722. The Kier molecular flexibility index (Phi) is 6.73. The maximum Gasteiger partial charge on any atom is 0.410 e. The summed E-state index contributed by atoms with van der Waals surface area (Å²) in [5.74, 6) is 0.685. The van der Waals surface area contributed by atoms with Gasteiger partial charge in [-0.25, -0.2) is 4.79 Å². The smallest absolute Gasteiger partial charge is 0.410 e. The van der Waals surface area contributed by atoms with Crippen molar-refractivity contribution in [2.24, 2.45) is 0 Å². The molecule has 2 saturated heterocycles. The minimum Gasteiger partial charge on any atom is -0.444 e. The average Bonchev–Trinajstić information content (AvgIpc) is 2.91. The van der Waals surface area contributed by atoms with Gasteiger partial charge >= 0.3 is 6.09 Å². The van der Waals surface area contributed by atoms with E-state index in [4.69, 9.17) is 21.4 Å². The third kappa shape index (κ3) is 5.42. The standard InChI is InChI=1S/C20H32ClN5O3/c1-20(2,3)29-19(28)26-14-6-7-15(26)11-13(10-14)22-18-16(12-17(21)23-24-18)25(4)8-5-9-27/h12-15,27H,5-11H2,1-4H3,(H,22,24). The first kappa shape index (κ1) is 21.9. The highest BCUT2D eigenvalue weighted by Crippen LogP contribution is 2.38. The van der Waals surface area contributed by atoms with Crippen LogP contribution < -0.4 is 10.2 Å². The minimum atomic E-state index is -0.488. The van der Waals surface area contributed by atoms with Gasteiger partial charge in [-0.3, -0.25) is 0 Å². The van der Waals surface area contributed by atoms with Crippen molar-refractivity contribution in [2.45, 2.75) is 76.6 Å². The zero-order chi connectivity index (χ0) is 21.2. The Morgan fingerprint density at radius 2 is 2.00 bits per heavy atom. The van der Waals surface area contributed by atoms with Crippen LogP contribution in [0.4, 0.5) is 16.3 Å². The van der Waals surface area contributed by atoms with Crippen molar-refractivity contribution >= 4 is 29.2 Å². The lowest BCUT2D eigenvalue weighted by atomic mass is 9.97. The van der Waals surface area contributed by atoms with Crippen LogP contribution in [0.2, 0.25) is 5.15 Å². The van der Waals surface area contributed by atoms with Gasteiger partial charge in [0.2, 0.25) is 0 Å². The topological polar surface area (TPSA) is 90.8 Å². The molecule has 0 spiro atoms. The van der Waals surface area contributed by atoms with Gasteiger partial charge in [0.1, 0.15) is 5.60 Å². The highest BCUT2D eigenvalue weighted by molar-refractivity contribution is 6.29. The molecular weight excluding hydrogens is 394 g/mol. The van der Waals surface area contributed by atoms with Crippen LogP contribution in [-0.4, -0.2) is 70.2 Å². The molecule has 3 heterocycles. The molecule has 2 N–H and O–H groups in total. The van der Waals surface area contributed by atoms with E-state index >= 15 is 0 Å². The number of hydrogen-bond donors (Lipinski definition) is 2. The van der Waals surface area contributed by atoms with Crippen molar-refractivity contribution in [3.05, 3.63) is 11.2 Å². The lowest BCUT2D eigenvalue weighted by molar-refractivity contribution is 0.00682. The van der Waals surface area contributed by atoms with E-state index in [0.29, 0.717) is 23.9 Å². The number of rotatable bonds is 6. The fraction of sp³-hybridized carbons (Fsp3) is 0.750. The van der Waals surface area contributed by atoms with Crippen LogP contribution in [0.3, 0.4) is 0 Å². The fourth-order valence-electron chi connectivity index (χ4n) is 4.28. The number of piperidine rings is 1. The van der Waals surface area contributed by atoms with Crippen molar-refractivity contribution in [3.8, 4) is 0 Å². The zero-order valence-corrected chi connectivity index (χ0v) is 18.4. The van der Waals surface area contributed by atoms with E-state index in [2.05, 4.69) is 15.5 Å². The molecule has 0 saturated carbocycles.